The maximum Gasteiger partial charge on any atom is 0.161 e. The van der Waals surface area contributed by atoms with Gasteiger partial charge in [0.05, 0.1) is 6.10 Å². The molecule has 0 spiro atoms. The molecule has 3 rings (SSSR count). The lowest BCUT2D eigenvalue weighted by atomic mass is 10.0. The number of hydrogen-bond acceptors (Lipinski definition) is 3. The molecule has 0 bridgehead atoms. The van der Waals surface area contributed by atoms with Gasteiger partial charge in [-0.3, -0.25) is 0 Å². The summed E-state index contributed by atoms with van der Waals surface area (Å²) in [4.78, 5) is 0. The molecule has 0 saturated carbocycles. The molecule has 3 aromatic carbocycles. The molecule has 3 nitrogen and oxygen atoms in total. The molecule has 34 heavy (non-hydrogen) atoms. The van der Waals surface area contributed by atoms with Crippen LogP contribution < -0.4 is 9.47 Å². The van der Waals surface area contributed by atoms with Gasteiger partial charge in [-0.1, -0.05) is 119 Å². The van der Waals surface area contributed by atoms with Crippen LogP contribution in [0.2, 0.25) is 0 Å². The van der Waals surface area contributed by atoms with Crippen LogP contribution in [0.3, 0.4) is 0 Å². The zero-order chi connectivity index (χ0) is 23.8. The van der Waals surface area contributed by atoms with Gasteiger partial charge in [-0.2, -0.15) is 0 Å². The predicted molar refractivity (Wildman–Crippen MR) is 140 cm³/mol. The van der Waals surface area contributed by atoms with E-state index in [0.29, 0.717) is 19.6 Å². The monoisotopic (exact) mass is 460 g/mol. The molecule has 0 aromatic heterocycles. The fourth-order valence-electron chi connectivity index (χ4n) is 4.09. The Balaban J connectivity index is 1.56. The topological polar surface area (TPSA) is 38.7 Å². The standard InChI is InChI=1S/C31H40O3/c1-2-3-4-5-6-7-14-19-29(32)22-28-20-21-30(33-24-26-15-10-8-11-16-26)31(23-28)34-25-27-17-12-9-13-18-27/h8-13,15-18,20-21,23,29,32H,2-7,14,19,22,24-25H2,1H3. The lowest BCUT2D eigenvalue weighted by Gasteiger charge is -2.16. The van der Waals surface area contributed by atoms with E-state index in [-0.39, 0.29) is 6.10 Å². The minimum absolute atomic E-state index is 0.325. The van der Waals surface area contributed by atoms with Crippen molar-refractivity contribution in [2.45, 2.75) is 84.0 Å². The first kappa shape index (κ1) is 25.8. The van der Waals surface area contributed by atoms with Crippen molar-refractivity contribution in [1.82, 2.24) is 0 Å². The lowest BCUT2D eigenvalue weighted by Crippen LogP contribution is -2.10. The molecular weight excluding hydrogens is 420 g/mol. The van der Waals surface area contributed by atoms with Gasteiger partial charge in [-0.05, 0) is 41.7 Å². The fraction of sp³-hybridized carbons (Fsp3) is 0.419. The summed E-state index contributed by atoms with van der Waals surface area (Å²) in [5, 5.41) is 10.6. The number of ether oxygens (including phenoxy) is 2. The molecule has 1 N–H and O–H groups in total. The van der Waals surface area contributed by atoms with Gasteiger partial charge in [-0.15, -0.1) is 0 Å². The van der Waals surface area contributed by atoms with E-state index in [1.54, 1.807) is 0 Å². The zero-order valence-electron chi connectivity index (χ0n) is 20.6. The van der Waals surface area contributed by atoms with Crippen LogP contribution in [0.5, 0.6) is 11.5 Å². The largest absolute Gasteiger partial charge is 0.485 e. The van der Waals surface area contributed by atoms with Crippen molar-refractivity contribution in [2.24, 2.45) is 0 Å². The van der Waals surface area contributed by atoms with Gasteiger partial charge >= 0.3 is 0 Å². The normalized spacial score (nSPS) is 11.8. The zero-order valence-corrected chi connectivity index (χ0v) is 20.6. The maximum absolute atomic E-state index is 10.6. The second kappa shape index (κ2) is 15.2. The highest BCUT2D eigenvalue weighted by atomic mass is 16.5. The van der Waals surface area contributed by atoms with E-state index >= 15 is 0 Å². The van der Waals surface area contributed by atoms with Crippen molar-refractivity contribution in [3.63, 3.8) is 0 Å². The first-order chi connectivity index (χ1) is 16.7. The molecule has 0 amide bonds. The van der Waals surface area contributed by atoms with Crippen molar-refractivity contribution in [2.75, 3.05) is 0 Å². The van der Waals surface area contributed by atoms with Gasteiger partial charge in [0.2, 0.25) is 0 Å². The molecule has 0 aliphatic carbocycles. The molecule has 1 unspecified atom stereocenters. The fourth-order valence-corrected chi connectivity index (χ4v) is 4.09. The number of aliphatic hydroxyl groups is 1. The third-order valence-corrected chi connectivity index (χ3v) is 6.09. The highest BCUT2D eigenvalue weighted by molar-refractivity contribution is 5.43. The van der Waals surface area contributed by atoms with Gasteiger partial charge in [0, 0.05) is 0 Å². The average Bonchev–Trinajstić information content (AvgIpc) is 2.87. The van der Waals surface area contributed by atoms with Crippen LogP contribution in [0.15, 0.2) is 78.9 Å². The van der Waals surface area contributed by atoms with Crippen molar-refractivity contribution in [3.05, 3.63) is 95.6 Å². The van der Waals surface area contributed by atoms with Gasteiger partial charge in [0.15, 0.2) is 11.5 Å². The Morgan fingerprint density at radius 2 is 1.18 bits per heavy atom. The van der Waals surface area contributed by atoms with Gasteiger partial charge in [-0.25, -0.2) is 0 Å². The van der Waals surface area contributed by atoms with E-state index in [2.05, 4.69) is 31.2 Å². The smallest absolute Gasteiger partial charge is 0.161 e. The molecular formula is C31H40O3. The third kappa shape index (κ3) is 9.61. The van der Waals surface area contributed by atoms with Gasteiger partial charge in [0.1, 0.15) is 13.2 Å². The predicted octanol–water partition coefficient (Wildman–Crippen LogP) is 7.89. The summed E-state index contributed by atoms with van der Waals surface area (Å²) in [6.07, 6.45) is 10.00. The Kier molecular flexibility index (Phi) is 11.5. The quantitative estimate of drug-likeness (QED) is 0.221. The second-order valence-corrected chi connectivity index (χ2v) is 9.10. The van der Waals surface area contributed by atoms with Crippen molar-refractivity contribution >= 4 is 0 Å². The Hall–Kier alpha value is -2.78. The number of aliphatic hydroxyl groups excluding tert-OH is 1. The SMILES string of the molecule is CCCCCCCCCC(O)Cc1ccc(OCc2ccccc2)c(OCc2ccccc2)c1. The summed E-state index contributed by atoms with van der Waals surface area (Å²) >= 11 is 0. The van der Waals surface area contributed by atoms with Crippen LogP contribution in [-0.4, -0.2) is 11.2 Å². The second-order valence-electron chi connectivity index (χ2n) is 9.10. The maximum atomic E-state index is 10.6. The Bertz CT molecular complexity index is 924. The highest BCUT2D eigenvalue weighted by Crippen LogP contribution is 2.31. The van der Waals surface area contributed by atoms with E-state index in [9.17, 15) is 5.11 Å². The molecule has 1 atom stereocenters. The lowest BCUT2D eigenvalue weighted by molar-refractivity contribution is 0.160. The minimum Gasteiger partial charge on any atom is -0.485 e. The average molecular weight is 461 g/mol. The molecule has 0 saturated heterocycles. The molecule has 3 aromatic rings. The van der Waals surface area contributed by atoms with Crippen LogP contribution >= 0.6 is 0 Å². The Labute approximate surface area is 205 Å². The molecule has 0 fully saturated rings. The summed E-state index contributed by atoms with van der Waals surface area (Å²) in [7, 11) is 0. The van der Waals surface area contributed by atoms with E-state index in [1.807, 2.05) is 54.6 Å². The van der Waals surface area contributed by atoms with Crippen molar-refractivity contribution in [1.29, 1.82) is 0 Å². The van der Waals surface area contributed by atoms with Crippen LogP contribution in [0, 0.1) is 0 Å². The molecule has 0 aliphatic rings. The minimum atomic E-state index is -0.325. The molecule has 0 aliphatic heterocycles. The number of rotatable bonds is 16. The highest BCUT2D eigenvalue weighted by Gasteiger charge is 2.11. The van der Waals surface area contributed by atoms with E-state index in [1.165, 1.54) is 38.5 Å². The Morgan fingerprint density at radius 3 is 1.79 bits per heavy atom. The van der Waals surface area contributed by atoms with Crippen molar-refractivity contribution < 1.29 is 14.6 Å². The molecule has 0 heterocycles. The van der Waals surface area contributed by atoms with Gasteiger partial charge in [0.25, 0.3) is 0 Å². The molecule has 182 valence electrons. The van der Waals surface area contributed by atoms with Crippen molar-refractivity contribution in [3.8, 4) is 11.5 Å². The summed E-state index contributed by atoms with van der Waals surface area (Å²) < 4.78 is 12.3. The summed E-state index contributed by atoms with van der Waals surface area (Å²) in [5.74, 6) is 1.45. The number of unbranched alkanes of at least 4 members (excludes halogenated alkanes) is 6. The Morgan fingerprint density at radius 1 is 0.618 bits per heavy atom. The molecule has 0 radical (unpaired) electrons. The van der Waals surface area contributed by atoms with E-state index in [4.69, 9.17) is 9.47 Å². The van der Waals surface area contributed by atoms with Crippen LogP contribution in [0.25, 0.3) is 0 Å². The molecule has 3 heteroatoms. The number of hydrogen-bond donors (Lipinski definition) is 1. The third-order valence-electron chi connectivity index (χ3n) is 6.09. The van der Waals surface area contributed by atoms with Crippen LogP contribution in [0.1, 0.15) is 75.0 Å². The first-order valence-electron chi connectivity index (χ1n) is 12.9. The van der Waals surface area contributed by atoms with Crippen LogP contribution in [-0.2, 0) is 19.6 Å². The van der Waals surface area contributed by atoms with E-state index in [0.717, 1.165) is 41.0 Å². The van der Waals surface area contributed by atoms with Gasteiger partial charge < -0.3 is 14.6 Å². The summed E-state index contributed by atoms with van der Waals surface area (Å²) in [5.41, 5.74) is 3.30. The number of benzene rings is 3. The summed E-state index contributed by atoms with van der Waals surface area (Å²) in [6.45, 7) is 3.21. The van der Waals surface area contributed by atoms with Crippen LogP contribution in [0.4, 0.5) is 0 Å². The van der Waals surface area contributed by atoms with E-state index < -0.39 is 0 Å². The first-order valence-corrected chi connectivity index (χ1v) is 12.9. The summed E-state index contributed by atoms with van der Waals surface area (Å²) in [6, 6.07) is 26.3.